The number of anilines is 1. The summed E-state index contributed by atoms with van der Waals surface area (Å²) in [5, 5.41) is 3.94. The maximum atomic E-state index is 12.6. The van der Waals surface area contributed by atoms with Crippen molar-refractivity contribution in [2.45, 2.75) is 13.0 Å². The first-order valence-corrected chi connectivity index (χ1v) is 8.61. The molecule has 128 valence electrons. The van der Waals surface area contributed by atoms with E-state index in [1.807, 2.05) is 18.3 Å². The van der Waals surface area contributed by atoms with Gasteiger partial charge in [-0.3, -0.25) is 14.2 Å². The minimum atomic E-state index is -0.120. The number of pyridine rings is 2. The minimum absolute atomic E-state index is 0.120. The van der Waals surface area contributed by atoms with E-state index >= 15 is 0 Å². The van der Waals surface area contributed by atoms with Gasteiger partial charge in [0.05, 0.1) is 16.4 Å². The van der Waals surface area contributed by atoms with Crippen LogP contribution in [0.5, 0.6) is 0 Å². The van der Waals surface area contributed by atoms with Crippen molar-refractivity contribution in [2.75, 3.05) is 24.5 Å². The summed E-state index contributed by atoms with van der Waals surface area (Å²) >= 11 is 5.99. The molecule has 6 nitrogen and oxygen atoms in total. The molecule has 3 aromatic rings. The second-order valence-electron chi connectivity index (χ2n) is 6.29. The first kappa shape index (κ1) is 16.1. The lowest BCUT2D eigenvalue weighted by molar-refractivity contribution is 0.484. The van der Waals surface area contributed by atoms with Crippen LogP contribution in [0.4, 0.5) is 5.69 Å². The van der Waals surface area contributed by atoms with Crippen LogP contribution in [0.15, 0.2) is 47.7 Å². The number of nitrogens with one attached hydrogen (secondary N) is 1. The molecule has 0 spiro atoms. The Morgan fingerprint density at radius 1 is 1.28 bits per heavy atom. The average Bonchev–Trinajstić information content (AvgIpc) is 2.61. The number of hydrogen-bond acceptors (Lipinski definition) is 5. The van der Waals surface area contributed by atoms with Crippen LogP contribution < -0.4 is 15.8 Å². The average molecular weight is 356 g/mol. The summed E-state index contributed by atoms with van der Waals surface area (Å²) in [6, 6.07) is 7.59. The second-order valence-corrected chi connectivity index (χ2v) is 6.72. The maximum absolute atomic E-state index is 12.6. The predicted octanol–water partition coefficient (Wildman–Crippen LogP) is 2.21. The van der Waals surface area contributed by atoms with E-state index in [0.717, 1.165) is 30.9 Å². The van der Waals surface area contributed by atoms with Crippen LogP contribution >= 0.6 is 11.6 Å². The van der Waals surface area contributed by atoms with Gasteiger partial charge in [0.2, 0.25) is 0 Å². The maximum Gasteiger partial charge on any atom is 0.258 e. The number of hydrogen-bond donors (Lipinski definition) is 1. The third-order valence-electron chi connectivity index (χ3n) is 4.38. The van der Waals surface area contributed by atoms with Crippen molar-refractivity contribution >= 4 is 22.9 Å². The lowest BCUT2D eigenvalue weighted by atomic mass is 10.2. The zero-order valence-electron chi connectivity index (χ0n) is 13.8. The van der Waals surface area contributed by atoms with E-state index in [1.165, 1.54) is 6.07 Å². The molecule has 4 heterocycles. The molecule has 25 heavy (non-hydrogen) atoms. The molecule has 1 unspecified atom stereocenters. The van der Waals surface area contributed by atoms with Crippen molar-refractivity contribution in [3.63, 3.8) is 0 Å². The summed E-state index contributed by atoms with van der Waals surface area (Å²) in [6.07, 6.45) is 5.07. The number of piperazine rings is 1. The van der Waals surface area contributed by atoms with Crippen LogP contribution in [0.2, 0.25) is 5.02 Å². The van der Waals surface area contributed by atoms with Gasteiger partial charge in [-0.1, -0.05) is 11.6 Å². The van der Waals surface area contributed by atoms with Gasteiger partial charge in [-0.15, -0.1) is 0 Å². The zero-order chi connectivity index (χ0) is 17.4. The van der Waals surface area contributed by atoms with Crippen molar-refractivity contribution in [3.05, 3.63) is 58.2 Å². The van der Waals surface area contributed by atoms with Crippen molar-refractivity contribution in [1.29, 1.82) is 0 Å². The summed E-state index contributed by atoms with van der Waals surface area (Å²) in [4.78, 5) is 23.5. The molecule has 0 radical (unpaired) electrons. The van der Waals surface area contributed by atoms with Gasteiger partial charge in [0, 0.05) is 55.9 Å². The van der Waals surface area contributed by atoms with Gasteiger partial charge in [-0.25, -0.2) is 4.98 Å². The van der Waals surface area contributed by atoms with Crippen LogP contribution in [-0.2, 0) is 0 Å². The summed E-state index contributed by atoms with van der Waals surface area (Å²) in [7, 11) is 0. The third kappa shape index (κ3) is 3.23. The van der Waals surface area contributed by atoms with E-state index in [-0.39, 0.29) is 5.56 Å². The molecule has 1 saturated heterocycles. The van der Waals surface area contributed by atoms with E-state index in [1.54, 1.807) is 22.9 Å². The van der Waals surface area contributed by atoms with Gasteiger partial charge in [-0.05, 0) is 25.1 Å². The van der Waals surface area contributed by atoms with Gasteiger partial charge in [-0.2, -0.15) is 0 Å². The Morgan fingerprint density at radius 3 is 2.96 bits per heavy atom. The first-order chi connectivity index (χ1) is 12.1. The Hall–Kier alpha value is -2.44. The number of halogens is 1. The highest BCUT2D eigenvalue weighted by Gasteiger charge is 2.16. The van der Waals surface area contributed by atoms with Crippen LogP contribution in [0.25, 0.3) is 16.9 Å². The molecule has 4 rings (SSSR count). The molecule has 0 amide bonds. The highest BCUT2D eigenvalue weighted by Crippen LogP contribution is 2.21. The van der Waals surface area contributed by atoms with Crippen molar-refractivity contribution < 1.29 is 0 Å². The summed E-state index contributed by atoms with van der Waals surface area (Å²) < 4.78 is 1.59. The van der Waals surface area contributed by atoms with Gasteiger partial charge in [0.1, 0.15) is 5.65 Å². The quantitative estimate of drug-likeness (QED) is 0.763. The lowest BCUT2D eigenvalue weighted by Gasteiger charge is -2.33. The monoisotopic (exact) mass is 355 g/mol. The number of rotatable bonds is 2. The Balaban J connectivity index is 1.76. The molecule has 1 aliphatic heterocycles. The van der Waals surface area contributed by atoms with Crippen LogP contribution in [0, 0.1) is 0 Å². The van der Waals surface area contributed by atoms with Crippen LogP contribution in [-0.4, -0.2) is 40.0 Å². The molecule has 7 heteroatoms. The van der Waals surface area contributed by atoms with Crippen molar-refractivity contribution in [3.8, 4) is 11.3 Å². The van der Waals surface area contributed by atoms with Crippen molar-refractivity contribution in [2.24, 2.45) is 0 Å². The molecule has 1 atom stereocenters. The van der Waals surface area contributed by atoms with Gasteiger partial charge >= 0.3 is 0 Å². The first-order valence-electron chi connectivity index (χ1n) is 8.23. The molecular weight excluding hydrogens is 338 g/mol. The van der Waals surface area contributed by atoms with Gasteiger partial charge in [0.15, 0.2) is 0 Å². The summed E-state index contributed by atoms with van der Waals surface area (Å²) in [6.45, 7) is 4.93. The minimum Gasteiger partial charge on any atom is -0.368 e. The number of fused-ring (bicyclic) bond motifs is 1. The molecule has 0 aromatic carbocycles. The Kier molecular flexibility index (Phi) is 4.15. The molecular formula is C18H18ClN5O. The molecule has 1 fully saturated rings. The SMILES string of the molecule is CC1CN(c2ccc3nc(-c4cncc(Cl)c4)cc(=O)n3c2)CCN1. The molecule has 3 aromatic heterocycles. The lowest BCUT2D eigenvalue weighted by Crippen LogP contribution is -2.49. The summed E-state index contributed by atoms with van der Waals surface area (Å²) in [5.74, 6) is 0. The molecule has 1 N–H and O–H groups in total. The van der Waals surface area contributed by atoms with E-state index in [9.17, 15) is 4.79 Å². The fourth-order valence-corrected chi connectivity index (χ4v) is 3.32. The molecule has 0 bridgehead atoms. The fourth-order valence-electron chi connectivity index (χ4n) is 3.15. The molecule has 0 aliphatic carbocycles. The Labute approximate surface area is 150 Å². The largest absolute Gasteiger partial charge is 0.368 e. The molecule has 0 saturated carbocycles. The highest BCUT2D eigenvalue weighted by atomic mass is 35.5. The smallest absolute Gasteiger partial charge is 0.258 e. The molecule has 1 aliphatic rings. The zero-order valence-corrected chi connectivity index (χ0v) is 14.6. The van der Waals surface area contributed by atoms with Gasteiger partial charge in [0.25, 0.3) is 5.56 Å². The van der Waals surface area contributed by atoms with E-state index in [4.69, 9.17) is 11.6 Å². The third-order valence-corrected chi connectivity index (χ3v) is 4.59. The predicted molar refractivity (Wildman–Crippen MR) is 99.4 cm³/mol. The Bertz CT molecular complexity index is 987. The Morgan fingerprint density at radius 2 is 2.16 bits per heavy atom. The van der Waals surface area contributed by atoms with E-state index in [2.05, 4.69) is 27.1 Å². The number of aromatic nitrogens is 3. The standard InChI is InChI=1S/C18H18ClN5O/c1-12-10-23(5-4-21-12)15-2-3-17-22-16(7-18(25)24(17)11-15)13-6-14(19)9-20-8-13/h2-3,6-9,11-12,21H,4-5,10H2,1H3. The van der Waals surface area contributed by atoms with Crippen molar-refractivity contribution in [1.82, 2.24) is 19.7 Å². The van der Waals surface area contributed by atoms with E-state index < -0.39 is 0 Å². The fraction of sp³-hybridized carbons (Fsp3) is 0.278. The topological polar surface area (TPSA) is 62.5 Å². The van der Waals surface area contributed by atoms with Crippen LogP contribution in [0.3, 0.4) is 0 Å². The van der Waals surface area contributed by atoms with Crippen LogP contribution in [0.1, 0.15) is 6.92 Å². The van der Waals surface area contributed by atoms with E-state index in [0.29, 0.717) is 22.4 Å². The normalized spacial score (nSPS) is 17.8. The summed E-state index contributed by atoms with van der Waals surface area (Å²) in [5.41, 5.74) is 2.82. The highest BCUT2D eigenvalue weighted by molar-refractivity contribution is 6.30. The second kappa shape index (κ2) is 6.46. The number of nitrogens with zero attached hydrogens (tertiary/aromatic N) is 4. The van der Waals surface area contributed by atoms with Gasteiger partial charge < -0.3 is 10.2 Å².